The summed E-state index contributed by atoms with van der Waals surface area (Å²) >= 11 is 0. The first-order chi connectivity index (χ1) is 52.4. The van der Waals surface area contributed by atoms with Gasteiger partial charge in [0.2, 0.25) is 0 Å². The van der Waals surface area contributed by atoms with Gasteiger partial charge < -0.3 is 44.5 Å². The highest BCUT2D eigenvalue weighted by Gasteiger charge is 2.32. The van der Waals surface area contributed by atoms with Crippen LogP contribution in [0.4, 0.5) is 0 Å². The molecule has 0 heterocycles. The van der Waals surface area contributed by atoms with Gasteiger partial charge in [0.25, 0.3) is 0 Å². The Morgan fingerprint density at radius 3 is 0.852 bits per heavy atom. The van der Waals surface area contributed by atoms with Crippen LogP contribution in [0, 0.1) is 11.8 Å². The van der Waals surface area contributed by atoms with Crippen molar-refractivity contribution in [3.05, 3.63) is 0 Å². The summed E-state index contributed by atoms with van der Waals surface area (Å²) in [7, 11) is 0. The molecule has 108 heavy (non-hydrogen) atoms. The maximum absolute atomic E-state index is 14.6. The highest BCUT2D eigenvalue weighted by molar-refractivity contribution is 5.81. The monoisotopic (exact) mass is 1540 g/mol. The second-order valence-corrected chi connectivity index (χ2v) is 31.3. The van der Waals surface area contributed by atoms with Gasteiger partial charge in [0.15, 0.2) is 6.10 Å². The zero-order chi connectivity index (χ0) is 79.6. The molecule has 0 spiro atoms. The van der Waals surface area contributed by atoms with Crippen molar-refractivity contribution >= 4 is 53.7 Å². The van der Waals surface area contributed by atoms with Crippen molar-refractivity contribution in [2.24, 2.45) is 11.8 Å². The molecule has 21 heteroatoms. The molecular formula is C87H161N3O18. The van der Waals surface area contributed by atoms with Crippen LogP contribution in [0.2, 0.25) is 0 Å². The minimum Gasteiger partial charge on any atom is -0.480 e. The number of carbonyl (C=O) groups excluding carboxylic acids is 4. The lowest BCUT2D eigenvalue weighted by Gasteiger charge is -2.32. The van der Waals surface area contributed by atoms with Crippen LogP contribution in [-0.2, 0) is 62.1 Å². The molecule has 0 aliphatic heterocycles. The van der Waals surface area contributed by atoms with E-state index in [9.17, 15) is 68.7 Å². The molecule has 0 aliphatic carbocycles. The van der Waals surface area contributed by atoms with Gasteiger partial charge in [-0.2, -0.15) is 0 Å². The molecule has 5 N–H and O–H groups in total. The topological polar surface area (TPSA) is 301 Å². The highest BCUT2D eigenvalue weighted by Crippen LogP contribution is 2.26. The van der Waals surface area contributed by atoms with Crippen LogP contribution in [-0.4, -0.2) is 178 Å². The van der Waals surface area contributed by atoms with Crippen molar-refractivity contribution in [2.45, 2.75) is 419 Å². The number of carbonyl (C=O) groups is 9. The Bertz CT molecular complexity index is 2080. The molecule has 0 saturated carbocycles. The Hall–Kier alpha value is -4.89. The zero-order valence-corrected chi connectivity index (χ0v) is 69.2. The molecule has 0 saturated heterocycles. The summed E-state index contributed by atoms with van der Waals surface area (Å²) in [5.74, 6) is -9.30. The van der Waals surface area contributed by atoms with E-state index in [0.717, 1.165) is 113 Å². The van der Waals surface area contributed by atoms with Gasteiger partial charge in [0.05, 0.1) is 51.0 Å². The Balaban J connectivity index is 6.26. The average Bonchev–Trinajstić information content (AvgIpc) is 0.796. The number of carboxylic acids is 5. The van der Waals surface area contributed by atoms with E-state index in [2.05, 4.69) is 27.7 Å². The molecule has 2 atom stereocenters. The normalized spacial score (nSPS) is 12.2. The minimum atomic E-state index is -1.58. The van der Waals surface area contributed by atoms with Crippen molar-refractivity contribution in [3.63, 3.8) is 0 Å². The fraction of sp³-hybridized carbons (Fsp3) is 0.897. The summed E-state index contributed by atoms with van der Waals surface area (Å²) in [4.78, 5) is 118. The largest absolute Gasteiger partial charge is 0.480 e. The Labute approximate surface area is 655 Å². The Morgan fingerprint density at radius 1 is 0.287 bits per heavy atom. The van der Waals surface area contributed by atoms with Crippen molar-refractivity contribution < 1.29 is 87.6 Å². The highest BCUT2D eigenvalue weighted by atomic mass is 16.6. The summed E-state index contributed by atoms with van der Waals surface area (Å²) < 4.78 is 23.8. The van der Waals surface area contributed by atoms with Crippen LogP contribution in [0.5, 0.6) is 0 Å². The third kappa shape index (κ3) is 68.0. The molecule has 0 rings (SSSR count). The lowest BCUT2D eigenvalue weighted by Crippen LogP contribution is -2.50. The zero-order valence-electron chi connectivity index (χ0n) is 69.2. The molecular weight excluding hydrogens is 1370 g/mol. The molecule has 0 amide bonds. The first kappa shape index (κ1) is 103. The van der Waals surface area contributed by atoms with Gasteiger partial charge in [-0.05, 0) is 38.5 Å². The molecule has 0 aromatic carbocycles. The average molecular weight is 1540 g/mol. The fourth-order valence-electron chi connectivity index (χ4n) is 14.4. The Kier molecular flexibility index (Phi) is 72.7. The fourth-order valence-corrected chi connectivity index (χ4v) is 14.4. The third-order valence-corrected chi connectivity index (χ3v) is 21.1. The third-order valence-electron chi connectivity index (χ3n) is 21.1. The smallest absolute Gasteiger partial charge is 0.321 e. The van der Waals surface area contributed by atoms with Crippen molar-refractivity contribution in [1.82, 2.24) is 14.7 Å². The molecule has 21 nitrogen and oxygen atoms in total. The van der Waals surface area contributed by atoms with Crippen molar-refractivity contribution in [3.8, 4) is 0 Å². The van der Waals surface area contributed by atoms with Gasteiger partial charge in [-0.1, -0.05) is 355 Å². The van der Waals surface area contributed by atoms with Gasteiger partial charge in [-0.15, -0.1) is 0 Å². The standard InChI is InChI=1S/C87H161N3O18/c1-5-9-13-17-21-25-29-33-37-41-46-52-58-75(59-53-47-42-38-34-30-26-22-18-14-10-6-2)86(103)107-74-77(108-87(104)76(60-54-48-43-39-35-31-27-23-19-15-11-7-3)61-55-49-44-40-36-32-28-24-20-16-12-8-4)73-106-83(99)62-56-50-45-51-57-67-105-84(100)68-78(85(101)102)90(65-63-88(69-79(91)92)70-80(93)94)66-64-89(71-81(95)96)72-82(97)98/h75-78H,5-74H2,1-4H3,(H,91,92)(H,93,94)(H,95,96)(H,97,98)(H,101,102). The summed E-state index contributed by atoms with van der Waals surface area (Å²) in [6, 6.07) is -1.58. The maximum Gasteiger partial charge on any atom is 0.321 e. The van der Waals surface area contributed by atoms with Crippen molar-refractivity contribution in [1.29, 1.82) is 0 Å². The lowest BCUT2D eigenvalue weighted by atomic mass is 9.94. The molecule has 0 aromatic rings. The number of aliphatic carboxylic acids is 5. The molecule has 0 aromatic heterocycles. The van der Waals surface area contributed by atoms with Crippen LogP contribution in [0.15, 0.2) is 0 Å². The van der Waals surface area contributed by atoms with E-state index in [1.54, 1.807) is 0 Å². The second kappa shape index (κ2) is 76.1. The van der Waals surface area contributed by atoms with Gasteiger partial charge in [0.1, 0.15) is 19.3 Å². The van der Waals surface area contributed by atoms with Gasteiger partial charge >= 0.3 is 53.7 Å². The van der Waals surface area contributed by atoms with Crippen molar-refractivity contribution in [2.75, 3.05) is 72.2 Å². The summed E-state index contributed by atoms with van der Waals surface area (Å²) in [6.07, 6.45) is 63.2. The molecule has 2 unspecified atom stereocenters. The summed E-state index contributed by atoms with van der Waals surface area (Å²) in [6.45, 7) is 4.72. The summed E-state index contributed by atoms with van der Waals surface area (Å²) in [5.41, 5.74) is 0. The van der Waals surface area contributed by atoms with E-state index in [-0.39, 0.29) is 76.2 Å². The predicted octanol–water partition coefficient (Wildman–Crippen LogP) is 20.6. The number of hydrogen-bond donors (Lipinski definition) is 5. The number of rotatable bonds is 85. The SMILES string of the molecule is CCCCCCCCCCCCCCC(CCCCCCCCCCCCCC)C(=O)OCC(COC(=O)CCCCCCCOC(=O)CC(C(=O)O)N(CCN(CC(=O)O)CC(=O)O)CCN(CC(=O)O)CC(=O)O)OC(=O)C(CCCCCCCCCCCCCC)CCCCCCCCCCCCCC. The predicted molar refractivity (Wildman–Crippen MR) is 431 cm³/mol. The number of esters is 4. The first-order valence-electron chi connectivity index (χ1n) is 44.3. The van der Waals surface area contributed by atoms with Crippen LogP contribution in [0.1, 0.15) is 407 Å². The molecule has 0 fully saturated rings. The minimum absolute atomic E-state index is 0.0486. The van der Waals surface area contributed by atoms with Crippen LogP contribution < -0.4 is 0 Å². The number of hydrogen-bond acceptors (Lipinski definition) is 16. The second-order valence-electron chi connectivity index (χ2n) is 31.3. The first-order valence-corrected chi connectivity index (χ1v) is 44.3. The van der Waals surface area contributed by atoms with Gasteiger partial charge in [-0.3, -0.25) is 57.9 Å². The van der Waals surface area contributed by atoms with Crippen LogP contribution in [0.3, 0.4) is 0 Å². The quantitative estimate of drug-likeness (QED) is 0.0215. The molecule has 0 aliphatic rings. The summed E-state index contributed by atoms with van der Waals surface area (Å²) in [5, 5.41) is 47.8. The van der Waals surface area contributed by atoms with E-state index in [0.29, 0.717) is 32.1 Å². The van der Waals surface area contributed by atoms with Gasteiger partial charge in [-0.25, -0.2) is 0 Å². The maximum atomic E-state index is 14.6. The van der Waals surface area contributed by atoms with E-state index < -0.39 is 86.5 Å². The molecule has 0 bridgehead atoms. The number of unbranched alkanes of at least 4 members (excludes halogenated alkanes) is 48. The number of carboxylic acid groups (broad SMARTS) is 5. The lowest BCUT2D eigenvalue weighted by molar-refractivity contribution is -0.171. The Morgan fingerprint density at radius 2 is 0.556 bits per heavy atom. The van der Waals surface area contributed by atoms with Crippen LogP contribution >= 0.6 is 0 Å². The number of ether oxygens (including phenoxy) is 4. The van der Waals surface area contributed by atoms with E-state index in [4.69, 9.17) is 18.9 Å². The van der Waals surface area contributed by atoms with Gasteiger partial charge in [0, 0.05) is 32.6 Å². The molecule has 632 valence electrons. The number of nitrogens with zero attached hydrogens (tertiary/aromatic N) is 3. The van der Waals surface area contributed by atoms with Crippen LogP contribution in [0.25, 0.3) is 0 Å². The van der Waals surface area contributed by atoms with E-state index >= 15 is 0 Å². The molecule has 0 radical (unpaired) electrons. The van der Waals surface area contributed by atoms with E-state index in [1.807, 2.05) is 0 Å². The van der Waals surface area contributed by atoms with E-state index in [1.165, 1.54) is 236 Å².